The van der Waals surface area contributed by atoms with E-state index in [9.17, 15) is 0 Å². The quantitative estimate of drug-likeness (QED) is 0.433. The van der Waals surface area contributed by atoms with Gasteiger partial charge in [-0.15, -0.1) is 10.2 Å². The van der Waals surface area contributed by atoms with E-state index in [-0.39, 0.29) is 0 Å². The van der Waals surface area contributed by atoms with Crippen molar-refractivity contribution in [3.63, 3.8) is 0 Å². The Bertz CT molecular complexity index is 1190. The van der Waals surface area contributed by atoms with Gasteiger partial charge < -0.3 is 10.1 Å². The highest BCUT2D eigenvalue weighted by Crippen LogP contribution is 2.39. The molecule has 4 aromatic rings. The van der Waals surface area contributed by atoms with Crippen molar-refractivity contribution in [3.05, 3.63) is 89.2 Å². The molecule has 0 saturated carbocycles. The first-order valence-electron chi connectivity index (χ1n) is 9.31. The maximum Gasteiger partial charge on any atom is 0.247 e. The van der Waals surface area contributed by atoms with Crippen molar-refractivity contribution in [2.24, 2.45) is 0 Å². The van der Waals surface area contributed by atoms with Crippen LogP contribution in [0.3, 0.4) is 0 Å². The van der Waals surface area contributed by atoms with E-state index < -0.39 is 6.23 Å². The number of nitrogens with zero attached hydrogens (tertiary/aromatic N) is 4. The molecule has 0 aliphatic carbocycles. The molecule has 0 bridgehead atoms. The highest BCUT2D eigenvalue weighted by molar-refractivity contribution is 7.98. The molecule has 0 amide bonds. The molecule has 1 aliphatic heterocycles. The zero-order chi connectivity index (χ0) is 20.3. The lowest BCUT2D eigenvalue weighted by atomic mass is 10.1. The number of para-hydroxylation sites is 1. The molecule has 2 aromatic heterocycles. The van der Waals surface area contributed by atoms with Gasteiger partial charge in [0, 0.05) is 40.0 Å². The summed E-state index contributed by atoms with van der Waals surface area (Å²) in [6.07, 6.45) is 3.05. The third kappa shape index (κ3) is 3.81. The first-order chi connectivity index (χ1) is 14.8. The molecular formula is C22H16ClN5OS. The predicted molar refractivity (Wildman–Crippen MR) is 118 cm³/mol. The van der Waals surface area contributed by atoms with Crippen molar-refractivity contribution in [2.75, 3.05) is 5.32 Å². The Morgan fingerprint density at radius 2 is 1.77 bits per heavy atom. The third-order valence-electron chi connectivity index (χ3n) is 4.66. The van der Waals surface area contributed by atoms with Crippen molar-refractivity contribution >= 4 is 29.1 Å². The highest BCUT2D eigenvalue weighted by Gasteiger charge is 2.26. The summed E-state index contributed by atoms with van der Waals surface area (Å²) in [5.74, 6) is 1.08. The van der Waals surface area contributed by atoms with Gasteiger partial charge in [-0.1, -0.05) is 59.8 Å². The lowest BCUT2D eigenvalue weighted by Crippen LogP contribution is -2.17. The molecule has 148 valence electrons. The van der Waals surface area contributed by atoms with Crippen LogP contribution in [0.5, 0.6) is 5.88 Å². The Morgan fingerprint density at radius 3 is 2.63 bits per heavy atom. The number of pyridine rings is 1. The Morgan fingerprint density at radius 1 is 0.967 bits per heavy atom. The van der Waals surface area contributed by atoms with Gasteiger partial charge in [-0.25, -0.2) is 0 Å². The molecule has 0 fully saturated rings. The molecule has 1 unspecified atom stereocenters. The lowest BCUT2D eigenvalue weighted by molar-refractivity contribution is 0.225. The highest BCUT2D eigenvalue weighted by atomic mass is 35.5. The van der Waals surface area contributed by atoms with E-state index in [1.54, 1.807) is 12.4 Å². The van der Waals surface area contributed by atoms with E-state index in [4.69, 9.17) is 16.3 Å². The maximum absolute atomic E-state index is 6.26. The summed E-state index contributed by atoms with van der Waals surface area (Å²) in [7, 11) is 0. The first kappa shape index (κ1) is 18.8. The van der Waals surface area contributed by atoms with E-state index in [0.29, 0.717) is 22.5 Å². The Kier molecular flexibility index (Phi) is 5.21. The van der Waals surface area contributed by atoms with Crippen LogP contribution in [0.1, 0.15) is 17.4 Å². The summed E-state index contributed by atoms with van der Waals surface area (Å²) >= 11 is 7.73. The number of benzene rings is 2. The number of ether oxygens (including phenoxy) is 1. The SMILES string of the molecule is Clc1ccccc1CSc1nnc2c(n1)OC(c1ccncc1)Nc1ccccc1-2. The summed E-state index contributed by atoms with van der Waals surface area (Å²) < 4.78 is 6.25. The van der Waals surface area contributed by atoms with Gasteiger partial charge >= 0.3 is 0 Å². The van der Waals surface area contributed by atoms with Crippen molar-refractivity contribution in [1.82, 2.24) is 20.2 Å². The van der Waals surface area contributed by atoms with Gasteiger partial charge in [-0.3, -0.25) is 4.98 Å². The smallest absolute Gasteiger partial charge is 0.247 e. The molecule has 2 aromatic carbocycles. The normalized spacial score (nSPS) is 14.6. The fraction of sp³-hybridized carbons (Fsp3) is 0.0909. The summed E-state index contributed by atoms with van der Waals surface area (Å²) in [6.45, 7) is 0. The van der Waals surface area contributed by atoms with E-state index in [1.807, 2.05) is 60.7 Å². The van der Waals surface area contributed by atoms with Gasteiger partial charge in [0.25, 0.3) is 0 Å². The number of aromatic nitrogens is 4. The average Bonchev–Trinajstić information content (AvgIpc) is 2.96. The van der Waals surface area contributed by atoms with Crippen LogP contribution in [0.25, 0.3) is 11.3 Å². The summed E-state index contributed by atoms with van der Waals surface area (Å²) in [6, 6.07) is 19.4. The third-order valence-corrected chi connectivity index (χ3v) is 5.91. The lowest BCUT2D eigenvalue weighted by Gasteiger charge is -2.19. The molecule has 3 heterocycles. The topological polar surface area (TPSA) is 72.8 Å². The van der Waals surface area contributed by atoms with Crippen LogP contribution in [0.4, 0.5) is 5.69 Å². The molecule has 0 spiro atoms. The molecule has 0 radical (unpaired) electrons. The maximum atomic E-state index is 6.26. The molecule has 6 nitrogen and oxygen atoms in total. The second kappa shape index (κ2) is 8.30. The van der Waals surface area contributed by atoms with Crippen LogP contribution >= 0.6 is 23.4 Å². The fourth-order valence-corrected chi connectivity index (χ4v) is 4.22. The summed E-state index contributed by atoms with van der Waals surface area (Å²) in [5.41, 5.74) is 4.37. The zero-order valence-electron chi connectivity index (χ0n) is 15.7. The largest absolute Gasteiger partial charge is 0.448 e. The second-order valence-corrected chi connectivity index (χ2v) is 7.95. The minimum atomic E-state index is -0.423. The monoisotopic (exact) mass is 433 g/mol. The van der Waals surface area contributed by atoms with Crippen LogP contribution in [-0.2, 0) is 5.75 Å². The number of rotatable bonds is 4. The van der Waals surface area contributed by atoms with Gasteiger partial charge in [-0.2, -0.15) is 4.98 Å². The van der Waals surface area contributed by atoms with E-state index in [2.05, 4.69) is 25.5 Å². The van der Waals surface area contributed by atoms with Crippen molar-refractivity contribution in [1.29, 1.82) is 0 Å². The minimum absolute atomic E-state index is 0.423. The number of hydrogen-bond acceptors (Lipinski definition) is 7. The predicted octanol–water partition coefficient (Wildman–Crippen LogP) is 5.38. The molecule has 0 saturated heterocycles. The van der Waals surface area contributed by atoms with Gasteiger partial charge in [0.05, 0.1) is 0 Å². The summed E-state index contributed by atoms with van der Waals surface area (Å²) in [5, 5.41) is 13.4. The zero-order valence-corrected chi connectivity index (χ0v) is 17.3. The number of thioether (sulfide) groups is 1. The van der Waals surface area contributed by atoms with Gasteiger partial charge in [0.15, 0.2) is 11.9 Å². The standard InChI is InChI=1S/C22H16ClN5OS/c23-17-7-3-1-5-15(17)13-30-22-26-21-19(27-28-22)16-6-2-4-8-18(16)25-20(29-21)14-9-11-24-12-10-14/h1-12,20,25H,13H2. The van der Waals surface area contributed by atoms with E-state index in [1.165, 1.54) is 11.8 Å². The fourth-order valence-electron chi connectivity index (χ4n) is 3.16. The van der Waals surface area contributed by atoms with Gasteiger partial charge in [0.1, 0.15) is 0 Å². The first-order valence-corrected chi connectivity index (χ1v) is 10.7. The Labute approximate surface area is 182 Å². The average molecular weight is 434 g/mol. The van der Waals surface area contributed by atoms with Crippen molar-refractivity contribution in [3.8, 4) is 17.1 Å². The molecule has 1 atom stereocenters. The van der Waals surface area contributed by atoms with Crippen LogP contribution < -0.4 is 10.1 Å². The molecule has 1 N–H and O–H groups in total. The van der Waals surface area contributed by atoms with Gasteiger partial charge in [-0.05, 0) is 29.8 Å². The number of anilines is 1. The number of fused-ring (bicyclic) bond motifs is 3. The molecule has 1 aliphatic rings. The molecule has 8 heteroatoms. The van der Waals surface area contributed by atoms with Gasteiger partial charge in [0.2, 0.25) is 11.0 Å². The Balaban J connectivity index is 1.49. The van der Waals surface area contributed by atoms with Crippen molar-refractivity contribution in [2.45, 2.75) is 17.1 Å². The number of halogens is 1. The molecule has 30 heavy (non-hydrogen) atoms. The number of nitrogens with one attached hydrogen (secondary N) is 1. The van der Waals surface area contributed by atoms with Crippen LogP contribution in [-0.4, -0.2) is 20.2 Å². The molecule has 5 rings (SSSR count). The van der Waals surface area contributed by atoms with Crippen LogP contribution in [0, 0.1) is 0 Å². The summed E-state index contributed by atoms with van der Waals surface area (Å²) in [4.78, 5) is 8.75. The second-order valence-electron chi connectivity index (χ2n) is 6.60. The van der Waals surface area contributed by atoms with Crippen molar-refractivity contribution < 1.29 is 4.74 Å². The van der Waals surface area contributed by atoms with Crippen LogP contribution in [0.15, 0.2) is 78.2 Å². The minimum Gasteiger partial charge on any atom is -0.448 e. The number of hydrogen-bond donors (Lipinski definition) is 1. The van der Waals surface area contributed by atoms with Crippen LogP contribution in [0.2, 0.25) is 5.02 Å². The molecular weight excluding hydrogens is 418 g/mol. The van der Waals surface area contributed by atoms with E-state index >= 15 is 0 Å². The Hall–Kier alpha value is -3.16. The van der Waals surface area contributed by atoms with E-state index in [0.717, 1.165) is 27.4 Å².